The Morgan fingerprint density at radius 3 is 2.59 bits per heavy atom. The predicted molar refractivity (Wildman–Crippen MR) is 140 cm³/mol. The maximum absolute atomic E-state index is 5.53. The van der Waals surface area contributed by atoms with Crippen molar-refractivity contribution < 1.29 is 9.26 Å². The molecule has 1 aromatic carbocycles. The van der Waals surface area contributed by atoms with Gasteiger partial charge in [0.1, 0.15) is 5.75 Å². The van der Waals surface area contributed by atoms with Crippen molar-refractivity contribution in [3.63, 3.8) is 0 Å². The van der Waals surface area contributed by atoms with Crippen molar-refractivity contribution in [1.82, 2.24) is 20.7 Å². The van der Waals surface area contributed by atoms with E-state index in [4.69, 9.17) is 9.26 Å². The summed E-state index contributed by atoms with van der Waals surface area (Å²) in [5.41, 5.74) is 2.30. The molecule has 1 atom stereocenters. The summed E-state index contributed by atoms with van der Waals surface area (Å²) in [6, 6.07) is 10.7. The van der Waals surface area contributed by atoms with Gasteiger partial charge in [0.15, 0.2) is 11.7 Å². The van der Waals surface area contributed by atoms with Crippen molar-refractivity contribution in [2.24, 2.45) is 4.99 Å². The molecule has 1 saturated heterocycles. The van der Waals surface area contributed by atoms with Gasteiger partial charge in [-0.3, -0.25) is 9.89 Å². The number of nitrogens with zero attached hydrogens (tertiary/aromatic N) is 3. The Bertz CT molecular complexity index is 831. The van der Waals surface area contributed by atoms with E-state index in [9.17, 15) is 0 Å². The second-order valence-electron chi connectivity index (χ2n) is 8.07. The van der Waals surface area contributed by atoms with E-state index in [1.165, 1.54) is 18.4 Å². The number of benzene rings is 1. The highest BCUT2D eigenvalue weighted by Crippen LogP contribution is 2.27. The summed E-state index contributed by atoms with van der Waals surface area (Å²) in [6.45, 7) is 7.93. The van der Waals surface area contributed by atoms with Crippen LogP contribution >= 0.6 is 24.0 Å². The highest BCUT2D eigenvalue weighted by atomic mass is 127. The van der Waals surface area contributed by atoms with Gasteiger partial charge in [-0.15, -0.1) is 24.0 Å². The first kappa shape index (κ1) is 26.4. The van der Waals surface area contributed by atoms with Crippen molar-refractivity contribution in [3.05, 3.63) is 47.3 Å². The van der Waals surface area contributed by atoms with Gasteiger partial charge < -0.3 is 19.9 Å². The van der Waals surface area contributed by atoms with Crippen LogP contribution in [0.1, 0.15) is 68.5 Å². The van der Waals surface area contributed by atoms with Crippen LogP contribution in [0, 0.1) is 0 Å². The summed E-state index contributed by atoms with van der Waals surface area (Å²) in [6.07, 6.45) is 4.64. The Hall–Kier alpha value is -1.81. The largest absolute Gasteiger partial charge is 0.497 e. The average Bonchev–Trinajstić information content (AvgIpc) is 3.50. The Labute approximate surface area is 209 Å². The van der Waals surface area contributed by atoms with Gasteiger partial charge in [0, 0.05) is 25.6 Å². The van der Waals surface area contributed by atoms with Gasteiger partial charge in [0.2, 0.25) is 0 Å². The van der Waals surface area contributed by atoms with Crippen molar-refractivity contribution in [3.8, 4) is 5.75 Å². The van der Waals surface area contributed by atoms with Crippen LogP contribution in [0.25, 0.3) is 0 Å². The highest BCUT2D eigenvalue weighted by Gasteiger charge is 2.24. The molecule has 3 rings (SSSR count). The van der Waals surface area contributed by atoms with Gasteiger partial charge >= 0.3 is 0 Å². The fourth-order valence-corrected chi connectivity index (χ4v) is 4.26. The Balaban J connectivity index is 0.00000363. The molecule has 0 saturated carbocycles. The number of halogens is 1. The molecule has 1 aliphatic heterocycles. The van der Waals surface area contributed by atoms with Crippen LogP contribution in [-0.4, -0.2) is 49.8 Å². The molecular formula is C24H38IN5O2. The van der Waals surface area contributed by atoms with Crippen LogP contribution in [0.3, 0.4) is 0 Å². The lowest BCUT2D eigenvalue weighted by Gasteiger charge is -2.29. The molecule has 2 N–H and O–H groups in total. The molecule has 0 radical (unpaired) electrons. The maximum Gasteiger partial charge on any atom is 0.191 e. The zero-order valence-corrected chi connectivity index (χ0v) is 22.1. The van der Waals surface area contributed by atoms with E-state index in [0.717, 1.165) is 55.6 Å². The number of likely N-dealkylation sites (tertiary alicyclic amines) is 1. The monoisotopic (exact) mass is 555 g/mol. The molecule has 0 bridgehead atoms. The molecule has 0 aliphatic carbocycles. The van der Waals surface area contributed by atoms with E-state index >= 15 is 0 Å². The molecule has 2 heterocycles. The van der Waals surface area contributed by atoms with Gasteiger partial charge in [-0.1, -0.05) is 31.1 Å². The molecular weight excluding hydrogens is 517 g/mol. The molecule has 0 spiro atoms. The number of nitrogens with one attached hydrogen (secondary N) is 2. The molecule has 0 amide bonds. The van der Waals surface area contributed by atoms with Crippen LogP contribution < -0.4 is 15.4 Å². The molecule has 1 aromatic heterocycles. The SMILES string of the molecule is CCC(CC)c1cc(CNC(=NC)NCC(c2cccc(OC)c2)N2CCCC2)on1.I. The minimum absolute atomic E-state index is 0. The zero-order valence-electron chi connectivity index (χ0n) is 19.8. The standard InChI is InChI=1S/C24H37N5O2.HI/c1-5-18(6-2)22-15-21(31-28-22)16-26-24(25-3)27-17-23(29-12-7-8-13-29)19-10-9-11-20(14-19)30-4;/h9-11,14-15,18,23H,5-8,12-13,16-17H2,1-4H3,(H2,25,26,27);1H. The molecule has 2 aromatic rings. The number of aromatic nitrogens is 1. The fraction of sp³-hybridized carbons (Fsp3) is 0.583. The number of hydrogen-bond donors (Lipinski definition) is 2. The van der Waals surface area contributed by atoms with Gasteiger partial charge in [-0.25, -0.2) is 0 Å². The van der Waals surface area contributed by atoms with E-state index in [1.807, 2.05) is 6.07 Å². The topological polar surface area (TPSA) is 74.9 Å². The molecule has 32 heavy (non-hydrogen) atoms. The summed E-state index contributed by atoms with van der Waals surface area (Å²) in [5.74, 6) is 2.93. The zero-order chi connectivity index (χ0) is 22.1. The first-order chi connectivity index (χ1) is 15.2. The van der Waals surface area contributed by atoms with Crippen molar-refractivity contribution in [1.29, 1.82) is 0 Å². The minimum atomic E-state index is 0. The summed E-state index contributed by atoms with van der Waals surface area (Å²) in [4.78, 5) is 6.93. The third-order valence-corrected chi connectivity index (χ3v) is 6.16. The molecule has 8 heteroatoms. The Kier molecular flexibility index (Phi) is 11.3. The van der Waals surface area contributed by atoms with Crippen LogP contribution in [0.2, 0.25) is 0 Å². The first-order valence-electron chi connectivity index (χ1n) is 11.5. The number of guanidine groups is 1. The third kappa shape index (κ3) is 7.10. The van der Waals surface area contributed by atoms with Gasteiger partial charge in [-0.05, 0) is 56.5 Å². The summed E-state index contributed by atoms with van der Waals surface area (Å²) in [7, 11) is 3.51. The minimum Gasteiger partial charge on any atom is -0.497 e. The smallest absolute Gasteiger partial charge is 0.191 e. The average molecular weight is 556 g/mol. The number of rotatable bonds is 10. The quantitative estimate of drug-likeness (QED) is 0.252. The lowest BCUT2D eigenvalue weighted by atomic mass is 9.99. The second-order valence-corrected chi connectivity index (χ2v) is 8.07. The van der Waals surface area contributed by atoms with Crippen molar-refractivity contribution in [2.45, 2.75) is 58.0 Å². The van der Waals surface area contributed by atoms with E-state index in [-0.39, 0.29) is 30.0 Å². The van der Waals surface area contributed by atoms with E-state index in [2.05, 4.69) is 63.8 Å². The maximum atomic E-state index is 5.53. The summed E-state index contributed by atoms with van der Waals surface area (Å²) in [5, 5.41) is 11.1. The molecule has 1 fully saturated rings. The molecule has 178 valence electrons. The number of aliphatic imine (C=N–C) groups is 1. The van der Waals surface area contributed by atoms with Crippen LogP contribution in [0.15, 0.2) is 39.8 Å². The number of methoxy groups -OCH3 is 1. The van der Waals surface area contributed by atoms with E-state index in [0.29, 0.717) is 12.5 Å². The third-order valence-electron chi connectivity index (χ3n) is 6.16. The van der Waals surface area contributed by atoms with Crippen LogP contribution in [0.5, 0.6) is 5.75 Å². The molecule has 1 aliphatic rings. The summed E-state index contributed by atoms with van der Waals surface area (Å²) >= 11 is 0. The van der Waals surface area contributed by atoms with Gasteiger partial charge in [-0.2, -0.15) is 0 Å². The van der Waals surface area contributed by atoms with Crippen LogP contribution in [-0.2, 0) is 6.54 Å². The van der Waals surface area contributed by atoms with E-state index < -0.39 is 0 Å². The van der Waals surface area contributed by atoms with Crippen molar-refractivity contribution in [2.75, 3.05) is 33.8 Å². The van der Waals surface area contributed by atoms with Crippen LogP contribution in [0.4, 0.5) is 0 Å². The fourth-order valence-electron chi connectivity index (χ4n) is 4.26. The predicted octanol–water partition coefficient (Wildman–Crippen LogP) is 4.71. The van der Waals surface area contributed by atoms with Gasteiger partial charge in [0.05, 0.1) is 25.4 Å². The Morgan fingerprint density at radius 2 is 1.94 bits per heavy atom. The normalized spacial score (nSPS) is 15.5. The van der Waals surface area contributed by atoms with Crippen molar-refractivity contribution >= 4 is 29.9 Å². The molecule has 7 nitrogen and oxygen atoms in total. The number of hydrogen-bond acceptors (Lipinski definition) is 5. The highest BCUT2D eigenvalue weighted by molar-refractivity contribution is 14.0. The van der Waals surface area contributed by atoms with E-state index in [1.54, 1.807) is 14.2 Å². The number of ether oxygens (including phenoxy) is 1. The second kappa shape index (κ2) is 13.7. The Morgan fingerprint density at radius 1 is 1.19 bits per heavy atom. The summed E-state index contributed by atoms with van der Waals surface area (Å²) < 4.78 is 11.0. The molecule has 1 unspecified atom stereocenters. The van der Waals surface area contributed by atoms with Gasteiger partial charge in [0.25, 0.3) is 0 Å². The first-order valence-corrected chi connectivity index (χ1v) is 11.5. The lowest BCUT2D eigenvalue weighted by molar-refractivity contribution is 0.245. The lowest BCUT2D eigenvalue weighted by Crippen LogP contribution is -2.42.